The Bertz CT molecular complexity index is 907. The second-order valence-electron chi connectivity index (χ2n) is 5.60. The van der Waals surface area contributed by atoms with Gasteiger partial charge in [-0.25, -0.2) is 4.98 Å². The standard InChI is InChI=1S/C19H17N3O/c1-13-8-9-18(21-11-13)22-19(17-7-4-10-23-17)15-12-20-16-6-3-2-5-14(15)16/h2-12,19-20H,1H3,(H,21,22). The molecule has 0 aliphatic rings. The van der Waals surface area contributed by atoms with Gasteiger partial charge in [-0.1, -0.05) is 24.3 Å². The number of hydrogen-bond donors (Lipinski definition) is 2. The monoisotopic (exact) mass is 303 g/mol. The van der Waals surface area contributed by atoms with Gasteiger partial charge < -0.3 is 14.7 Å². The van der Waals surface area contributed by atoms with Gasteiger partial charge in [0.2, 0.25) is 0 Å². The fourth-order valence-corrected chi connectivity index (χ4v) is 2.79. The van der Waals surface area contributed by atoms with Crippen LogP contribution in [0.15, 0.2) is 71.6 Å². The molecular formula is C19H17N3O. The molecule has 1 aromatic carbocycles. The maximum atomic E-state index is 5.66. The van der Waals surface area contributed by atoms with Gasteiger partial charge in [0.25, 0.3) is 0 Å². The van der Waals surface area contributed by atoms with Crippen LogP contribution in [0.1, 0.15) is 22.9 Å². The molecule has 23 heavy (non-hydrogen) atoms. The number of anilines is 1. The number of benzene rings is 1. The molecule has 2 N–H and O–H groups in total. The molecule has 3 heterocycles. The minimum absolute atomic E-state index is 0.101. The maximum absolute atomic E-state index is 5.66. The number of rotatable bonds is 4. The molecule has 0 bridgehead atoms. The largest absolute Gasteiger partial charge is 0.467 e. The van der Waals surface area contributed by atoms with Gasteiger partial charge in [-0.05, 0) is 36.8 Å². The molecule has 4 heteroatoms. The second kappa shape index (κ2) is 5.65. The van der Waals surface area contributed by atoms with Crippen molar-refractivity contribution in [3.63, 3.8) is 0 Å². The number of aryl methyl sites for hydroxylation is 1. The van der Waals surface area contributed by atoms with Gasteiger partial charge >= 0.3 is 0 Å². The second-order valence-corrected chi connectivity index (χ2v) is 5.60. The van der Waals surface area contributed by atoms with Crippen molar-refractivity contribution >= 4 is 16.7 Å². The summed E-state index contributed by atoms with van der Waals surface area (Å²) in [6, 6.07) is 16.1. The first-order chi connectivity index (χ1) is 11.3. The van der Waals surface area contributed by atoms with Crippen molar-refractivity contribution in [1.29, 1.82) is 0 Å². The Morgan fingerprint density at radius 1 is 1.09 bits per heavy atom. The summed E-state index contributed by atoms with van der Waals surface area (Å²) in [6.45, 7) is 2.03. The number of hydrogen-bond acceptors (Lipinski definition) is 3. The van der Waals surface area contributed by atoms with Crippen molar-refractivity contribution in [3.8, 4) is 0 Å². The summed E-state index contributed by atoms with van der Waals surface area (Å²) in [5, 5.41) is 4.65. The van der Waals surface area contributed by atoms with E-state index in [-0.39, 0.29) is 6.04 Å². The third kappa shape index (κ3) is 2.59. The molecule has 3 aromatic heterocycles. The average molecular weight is 303 g/mol. The first-order valence-electron chi connectivity index (χ1n) is 7.60. The molecule has 1 unspecified atom stereocenters. The Kier molecular flexibility index (Phi) is 3.35. The van der Waals surface area contributed by atoms with Crippen LogP contribution in [-0.4, -0.2) is 9.97 Å². The molecule has 0 aliphatic carbocycles. The van der Waals surface area contributed by atoms with Gasteiger partial charge in [0.1, 0.15) is 17.6 Å². The zero-order chi connectivity index (χ0) is 15.6. The average Bonchev–Trinajstić information content (AvgIpc) is 3.24. The van der Waals surface area contributed by atoms with Crippen molar-refractivity contribution in [2.45, 2.75) is 13.0 Å². The van der Waals surface area contributed by atoms with Crippen LogP contribution in [0.2, 0.25) is 0 Å². The van der Waals surface area contributed by atoms with E-state index >= 15 is 0 Å². The lowest BCUT2D eigenvalue weighted by Gasteiger charge is -2.17. The van der Waals surface area contributed by atoms with Gasteiger partial charge in [0.05, 0.1) is 6.26 Å². The summed E-state index contributed by atoms with van der Waals surface area (Å²) >= 11 is 0. The number of aromatic amines is 1. The summed E-state index contributed by atoms with van der Waals surface area (Å²) in [5.41, 5.74) is 3.38. The highest BCUT2D eigenvalue weighted by Crippen LogP contribution is 2.31. The molecule has 0 fully saturated rings. The van der Waals surface area contributed by atoms with E-state index in [0.717, 1.165) is 28.2 Å². The van der Waals surface area contributed by atoms with Crippen molar-refractivity contribution in [1.82, 2.24) is 9.97 Å². The van der Waals surface area contributed by atoms with Gasteiger partial charge in [0, 0.05) is 28.9 Å². The number of nitrogens with one attached hydrogen (secondary N) is 2. The lowest BCUT2D eigenvalue weighted by atomic mass is 10.0. The van der Waals surface area contributed by atoms with E-state index in [1.165, 1.54) is 5.39 Å². The quantitative estimate of drug-likeness (QED) is 0.576. The Hall–Kier alpha value is -3.01. The fourth-order valence-electron chi connectivity index (χ4n) is 2.79. The number of para-hydroxylation sites is 1. The third-order valence-corrected chi connectivity index (χ3v) is 3.96. The third-order valence-electron chi connectivity index (χ3n) is 3.96. The SMILES string of the molecule is Cc1ccc(NC(c2ccco2)c2c[nH]c3ccccc23)nc1. The van der Waals surface area contributed by atoms with Crippen LogP contribution in [0.5, 0.6) is 0 Å². The van der Waals surface area contributed by atoms with Gasteiger partial charge in [-0.15, -0.1) is 0 Å². The number of nitrogens with zero attached hydrogens (tertiary/aromatic N) is 1. The molecule has 4 aromatic rings. The summed E-state index contributed by atoms with van der Waals surface area (Å²) < 4.78 is 5.66. The van der Waals surface area contributed by atoms with Crippen LogP contribution in [0.3, 0.4) is 0 Å². The van der Waals surface area contributed by atoms with E-state index in [2.05, 4.69) is 27.4 Å². The predicted octanol–water partition coefficient (Wildman–Crippen LogP) is 4.67. The van der Waals surface area contributed by atoms with Crippen LogP contribution in [-0.2, 0) is 0 Å². The minimum Gasteiger partial charge on any atom is -0.467 e. The van der Waals surface area contributed by atoms with Gasteiger partial charge in [0.15, 0.2) is 0 Å². The summed E-state index contributed by atoms with van der Waals surface area (Å²) in [4.78, 5) is 7.78. The van der Waals surface area contributed by atoms with Crippen molar-refractivity contribution in [3.05, 3.63) is 84.1 Å². The van der Waals surface area contributed by atoms with E-state index in [1.54, 1.807) is 6.26 Å². The number of pyridine rings is 1. The number of furan rings is 1. The topological polar surface area (TPSA) is 53.9 Å². The van der Waals surface area contributed by atoms with E-state index in [4.69, 9.17) is 4.42 Å². The normalized spacial score (nSPS) is 12.4. The number of aromatic nitrogens is 2. The van der Waals surface area contributed by atoms with E-state index in [9.17, 15) is 0 Å². The molecule has 0 saturated carbocycles. The first kappa shape index (κ1) is 13.6. The Morgan fingerprint density at radius 2 is 2.00 bits per heavy atom. The Balaban J connectivity index is 1.78. The Morgan fingerprint density at radius 3 is 2.78 bits per heavy atom. The van der Waals surface area contributed by atoms with Crippen molar-refractivity contribution in [2.75, 3.05) is 5.32 Å². The van der Waals surface area contributed by atoms with Crippen molar-refractivity contribution in [2.24, 2.45) is 0 Å². The van der Waals surface area contributed by atoms with Crippen LogP contribution in [0, 0.1) is 6.92 Å². The van der Waals surface area contributed by atoms with E-state index < -0.39 is 0 Å². The molecule has 4 nitrogen and oxygen atoms in total. The molecule has 0 radical (unpaired) electrons. The molecule has 114 valence electrons. The lowest BCUT2D eigenvalue weighted by Crippen LogP contribution is -2.12. The maximum Gasteiger partial charge on any atom is 0.130 e. The number of fused-ring (bicyclic) bond motifs is 1. The Labute approximate surface area is 134 Å². The van der Waals surface area contributed by atoms with Crippen molar-refractivity contribution < 1.29 is 4.42 Å². The smallest absolute Gasteiger partial charge is 0.130 e. The van der Waals surface area contributed by atoms with E-state index in [0.29, 0.717) is 0 Å². The lowest BCUT2D eigenvalue weighted by molar-refractivity contribution is 0.499. The highest BCUT2D eigenvalue weighted by molar-refractivity contribution is 5.84. The zero-order valence-electron chi connectivity index (χ0n) is 12.8. The molecule has 0 aliphatic heterocycles. The molecule has 1 atom stereocenters. The van der Waals surface area contributed by atoms with Gasteiger partial charge in [-0.2, -0.15) is 0 Å². The molecule has 0 amide bonds. The predicted molar refractivity (Wildman–Crippen MR) is 91.4 cm³/mol. The van der Waals surface area contributed by atoms with Gasteiger partial charge in [-0.3, -0.25) is 0 Å². The molecule has 4 rings (SSSR count). The highest BCUT2D eigenvalue weighted by atomic mass is 16.3. The highest BCUT2D eigenvalue weighted by Gasteiger charge is 2.20. The van der Waals surface area contributed by atoms with Crippen LogP contribution in [0.4, 0.5) is 5.82 Å². The number of H-pyrrole nitrogens is 1. The zero-order valence-corrected chi connectivity index (χ0v) is 12.8. The molecule has 0 spiro atoms. The van der Waals surface area contributed by atoms with Crippen LogP contribution < -0.4 is 5.32 Å². The summed E-state index contributed by atoms with van der Waals surface area (Å²) in [6.07, 6.45) is 5.58. The summed E-state index contributed by atoms with van der Waals surface area (Å²) in [5.74, 6) is 1.68. The fraction of sp³-hybridized carbons (Fsp3) is 0.105. The van der Waals surface area contributed by atoms with Crippen LogP contribution in [0.25, 0.3) is 10.9 Å². The molecular weight excluding hydrogens is 286 g/mol. The van der Waals surface area contributed by atoms with E-state index in [1.807, 2.05) is 55.7 Å². The minimum atomic E-state index is -0.101. The molecule has 0 saturated heterocycles. The summed E-state index contributed by atoms with van der Waals surface area (Å²) in [7, 11) is 0. The first-order valence-corrected chi connectivity index (χ1v) is 7.60. The van der Waals surface area contributed by atoms with Crippen LogP contribution >= 0.6 is 0 Å².